The van der Waals surface area contributed by atoms with Gasteiger partial charge in [0.25, 0.3) is 0 Å². The maximum absolute atomic E-state index is 12.2. The largest absolute Gasteiger partial charge is 0.349 e. The van der Waals surface area contributed by atoms with Crippen LogP contribution >= 0.6 is 11.8 Å². The van der Waals surface area contributed by atoms with E-state index in [1.807, 2.05) is 18.2 Å². The van der Waals surface area contributed by atoms with Crippen molar-refractivity contribution in [3.05, 3.63) is 70.8 Å². The minimum absolute atomic E-state index is 0.0976. The van der Waals surface area contributed by atoms with E-state index < -0.39 is 0 Å². The molecule has 1 amide bonds. The molecule has 2 aromatic rings. The summed E-state index contributed by atoms with van der Waals surface area (Å²) in [4.78, 5) is 12.2. The summed E-state index contributed by atoms with van der Waals surface area (Å²) in [5.74, 6) is 1.48. The van der Waals surface area contributed by atoms with Gasteiger partial charge in [-0.15, -0.1) is 11.8 Å². The highest BCUT2D eigenvalue weighted by Crippen LogP contribution is 2.22. The van der Waals surface area contributed by atoms with Crippen LogP contribution in [0.1, 0.15) is 41.6 Å². The average molecular weight is 327 g/mol. The van der Waals surface area contributed by atoms with Gasteiger partial charge in [-0.25, -0.2) is 0 Å². The van der Waals surface area contributed by atoms with Gasteiger partial charge in [-0.05, 0) is 37.0 Å². The minimum Gasteiger partial charge on any atom is -0.349 e. The van der Waals surface area contributed by atoms with Crippen LogP contribution in [0.25, 0.3) is 0 Å². The molecule has 0 bridgehead atoms. The lowest BCUT2D eigenvalue weighted by atomic mass is 9.97. The highest BCUT2D eigenvalue weighted by atomic mass is 32.2. The molecule has 0 aliphatic heterocycles. The van der Waals surface area contributed by atoms with Crippen LogP contribution in [0.2, 0.25) is 0 Å². The van der Waals surface area contributed by atoms with Gasteiger partial charge in [0.05, 0.1) is 11.8 Å². The molecule has 2 nitrogen and oxygen atoms in total. The fourth-order valence-electron chi connectivity index (χ4n) is 2.69. The maximum atomic E-state index is 12.2. The van der Waals surface area contributed by atoms with Gasteiger partial charge < -0.3 is 5.32 Å². The molecule has 2 aromatic carbocycles. The van der Waals surface area contributed by atoms with Crippen molar-refractivity contribution < 1.29 is 4.79 Å². The molecule has 0 radical (unpaired) electrons. The second-order valence-corrected chi connectivity index (χ2v) is 6.85. The first-order valence-corrected chi connectivity index (χ1v) is 9.23. The third-order valence-corrected chi connectivity index (χ3v) is 4.89. The molecule has 0 fully saturated rings. The fourth-order valence-corrected chi connectivity index (χ4v) is 3.49. The van der Waals surface area contributed by atoms with Crippen molar-refractivity contribution in [2.75, 3.05) is 5.75 Å². The van der Waals surface area contributed by atoms with Crippen LogP contribution in [0.3, 0.4) is 0 Å². The van der Waals surface area contributed by atoms with Gasteiger partial charge in [-0.1, -0.05) is 61.0 Å². The first kappa shape index (κ1) is 17.6. The Morgan fingerprint density at radius 1 is 1.13 bits per heavy atom. The van der Waals surface area contributed by atoms with Crippen LogP contribution in [-0.4, -0.2) is 11.7 Å². The quantitative estimate of drug-likeness (QED) is 0.791. The molecular formula is C20H25NOS. The second-order valence-electron chi connectivity index (χ2n) is 5.87. The van der Waals surface area contributed by atoms with Crippen molar-refractivity contribution in [3.8, 4) is 0 Å². The average Bonchev–Trinajstić information content (AvgIpc) is 2.54. The van der Waals surface area contributed by atoms with Gasteiger partial charge >= 0.3 is 0 Å². The third-order valence-electron chi connectivity index (χ3n) is 3.89. The lowest BCUT2D eigenvalue weighted by Gasteiger charge is -2.20. The summed E-state index contributed by atoms with van der Waals surface area (Å²) < 4.78 is 0. The van der Waals surface area contributed by atoms with E-state index in [4.69, 9.17) is 0 Å². The molecule has 2 rings (SSSR count). The first-order valence-electron chi connectivity index (χ1n) is 8.08. The molecule has 0 aromatic heterocycles. The predicted octanol–water partition coefficient (Wildman–Crippen LogP) is 4.80. The SMILES string of the molecule is CCC(NC(=O)CSCc1ccccc1)c1ccc(C)cc1C. The van der Waals surface area contributed by atoms with Crippen molar-refractivity contribution in [1.82, 2.24) is 5.32 Å². The first-order chi connectivity index (χ1) is 11.1. The van der Waals surface area contributed by atoms with E-state index >= 15 is 0 Å². The summed E-state index contributed by atoms with van der Waals surface area (Å²) in [6.07, 6.45) is 0.902. The molecule has 1 N–H and O–H groups in total. The number of carbonyl (C=O) groups excluding carboxylic acids is 1. The Balaban J connectivity index is 1.87. The Bertz CT molecular complexity index is 639. The van der Waals surface area contributed by atoms with Crippen LogP contribution in [0.4, 0.5) is 0 Å². The Morgan fingerprint density at radius 2 is 1.87 bits per heavy atom. The molecule has 23 heavy (non-hydrogen) atoms. The van der Waals surface area contributed by atoms with Crippen molar-refractivity contribution in [2.24, 2.45) is 0 Å². The van der Waals surface area contributed by atoms with Gasteiger partial charge in [0.15, 0.2) is 0 Å². The molecular weight excluding hydrogens is 302 g/mol. The zero-order valence-corrected chi connectivity index (χ0v) is 15.0. The number of carbonyl (C=O) groups is 1. The fraction of sp³-hybridized carbons (Fsp3) is 0.350. The number of rotatable bonds is 7. The molecule has 0 spiro atoms. The summed E-state index contributed by atoms with van der Waals surface area (Å²) >= 11 is 1.66. The van der Waals surface area contributed by atoms with Crippen LogP contribution < -0.4 is 5.32 Å². The normalized spacial score (nSPS) is 12.0. The topological polar surface area (TPSA) is 29.1 Å². The van der Waals surface area contributed by atoms with Crippen LogP contribution in [0, 0.1) is 13.8 Å². The zero-order chi connectivity index (χ0) is 16.7. The lowest BCUT2D eigenvalue weighted by molar-refractivity contribution is -0.119. The van der Waals surface area contributed by atoms with E-state index in [-0.39, 0.29) is 11.9 Å². The monoisotopic (exact) mass is 327 g/mol. The van der Waals surface area contributed by atoms with Crippen LogP contribution in [-0.2, 0) is 10.5 Å². The van der Waals surface area contributed by atoms with Crippen LogP contribution in [0.5, 0.6) is 0 Å². The number of nitrogens with one attached hydrogen (secondary N) is 1. The summed E-state index contributed by atoms with van der Waals surface area (Å²) in [6, 6.07) is 16.8. The molecule has 3 heteroatoms. The molecule has 1 atom stereocenters. The van der Waals surface area contributed by atoms with Crippen molar-refractivity contribution in [3.63, 3.8) is 0 Å². The van der Waals surface area contributed by atoms with Gasteiger partial charge in [0.2, 0.25) is 5.91 Å². The minimum atomic E-state index is 0.0976. The van der Waals surface area contributed by atoms with Crippen molar-refractivity contribution in [1.29, 1.82) is 0 Å². The Kier molecular flexibility index (Phi) is 6.72. The number of hydrogen-bond donors (Lipinski definition) is 1. The standard InChI is InChI=1S/C20H25NOS/c1-4-19(18-11-10-15(2)12-16(18)3)21-20(22)14-23-13-17-8-6-5-7-9-17/h5-12,19H,4,13-14H2,1-3H3,(H,21,22). The number of benzene rings is 2. The van der Waals surface area contributed by atoms with Gasteiger partial charge in [0.1, 0.15) is 0 Å². The maximum Gasteiger partial charge on any atom is 0.230 e. The van der Waals surface area contributed by atoms with E-state index in [0.717, 1.165) is 12.2 Å². The van der Waals surface area contributed by atoms with E-state index in [1.165, 1.54) is 22.3 Å². The summed E-state index contributed by atoms with van der Waals surface area (Å²) in [5, 5.41) is 3.17. The van der Waals surface area contributed by atoms with Crippen molar-refractivity contribution >= 4 is 17.7 Å². The summed E-state index contributed by atoms with van der Waals surface area (Å²) in [5.41, 5.74) is 4.98. The predicted molar refractivity (Wildman–Crippen MR) is 99.7 cm³/mol. The van der Waals surface area contributed by atoms with Gasteiger partial charge in [0, 0.05) is 5.75 Å². The van der Waals surface area contributed by atoms with E-state index in [2.05, 4.69) is 56.4 Å². The molecule has 122 valence electrons. The van der Waals surface area contributed by atoms with Gasteiger partial charge in [-0.3, -0.25) is 4.79 Å². The van der Waals surface area contributed by atoms with E-state index in [0.29, 0.717) is 5.75 Å². The van der Waals surface area contributed by atoms with Crippen molar-refractivity contribution in [2.45, 2.75) is 39.0 Å². The molecule has 0 saturated carbocycles. The number of thioether (sulfide) groups is 1. The smallest absolute Gasteiger partial charge is 0.230 e. The van der Waals surface area contributed by atoms with Crippen LogP contribution in [0.15, 0.2) is 48.5 Å². The molecule has 0 saturated heterocycles. The molecule has 0 heterocycles. The number of hydrogen-bond acceptors (Lipinski definition) is 2. The highest BCUT2D eigenvalue weighted by Gasteiger charge is 2.14. The molecule has 1 unspecified atom stereocenters. The van der Waals surface area contributed by atoms with E-state index in [1.54, 1.807) is 11.8 Å². The summed E-state index contributed by atoms with van der Waals surface area (Å²) in [6.45, 7) is 6.32. The zero-order valence-electron chi connectivity index (χ0n) is 14.1. The van der Waals surface area contributed by atoms with E-state index in [9.17, 15) is 4.79 Å². The summed E-state index contributed by atoms with van der Waals surface area (Å²) in [7, 11) is 0. The number of aryl methyl sites for hydroxylation is 2. The lowest BCUT2D eigenvalue weighted by Crippen LogP contribution is -2.30. The molecule has 0 aliphatic rings. The Morgan fingerprint density at radius 3 is 2.52 bits per heavy atom. The Hall–Kier alpha value is -1.74. The molecule has 0 aliphatic carbocycles. The second kappa shape index (κ2) is 8.78. The Labute approximate surface area is 143 Å². The van der Waals surface area contributed by atoms with Gasteiger partial charge in [-0.2, -0.15) is 0 Å². The number of amides is 1. The third kappa shape index (κ3) is 5.43. The highest BCUT2D eigenvalue weighted by molar-refractivity contribution is 7.99.